The van der Waals surface area contributed by atoms with Crippen molar-refractivity contribution in [3.63, 3.8) is 0 Å². The molecule has 2 nitrogen and oxygen atoms in total. The van der Waals surface area contributed by atoms with E-state index in [9.17, 15) is 0 Å². The number of nitrogens with two attached hydrogens (primary N) is 1. The number of nitrogen functional groups attached to an aromatic ring is 1. The summed E-state index contributed by atoms with van der Waals surface area (Å²) in [5.74, 6) is 2.32. The van der Waals surface area contributed by atoms with Crippen molar-refractivity contribution in [1.82, 2.24) is 0 Å². The van der Waals surface area contributed by atoms with Crippen LogP contribution in [0.15, 0.2) is 18.2 Å². The van der Waals surface area contributed by atoms with Crippen LogP contribution in [0.2, 0.25) is 5.02 Å². The summed E-state index contributed by atoms with van der Waals surface area (Å²) in [4.78, 5) is 0. The van der Waals surface area contributed by atoms with E-state index in [-0.39, 0.29) is 0 Å². The average molecular weight is 254 g/mol. The van der Waals surface area contributed by atoms with E-state index in [1.165, 1.54) is 6.42 Å². The zero-order valence-corrected chi connectivity index (χ0v) is 11.2. The summed E-state index contributed by atoms with van der Waals surface area (Å²) in [6.07, 6.45) is 3.88. The first-order chi connectivity index (χ1) is 8.04. The van der Waals surface area contributed by atoms with Crippen LogP contribution in [0.25, 0.3) is 0 Å². The minimum atomic E-state index is 0.313. The van der Waals surface area contributed by atoms with Crippen LogP contribution in [0, 0.1) is 11.8 Å². The van der Waals surface area contributed by atoms with Gasteiger partial charge in [-0.3, -0.25) is 0 Å². The third-order valence-corrected chi connectivity index (χ3v) is 3.74. The molecule has 2 N–H and O–H groups in total. The molecule has 2 rings (SSSR count). The fourth-order valence-corrected chi connectivity index (χ4v) is 2.91. The van der Waals surface area contributed by atoms with Crippen LogP contribution >= 0.6 is 11.6 Å². The Kier molecular flexibility index (Phi) is 3.82. The fourth-order valence-electron chi connectivity index (χ4n) is 2.74. The second-order valence-corrected chi connectivity index (χ2v) is 5.75. The van der Waals surface area contributed by atoms with Gasteiger partial charge in [0.1, 0.15) is 5.75 Å². The Morgan fingerprint density at radius 2 is 1.82 bits per heavy atom. The highest BCUT2D eigenvalue weighted by Crippen LogP contribution is 2.32. The Bertz CT molecular complexity index is 384. The topological polar surface area (TPSA) is 35.2 Å². The maximum absolute atomic E-state index is 5.99. The van der Waals surface area contributed by atoms with Gasteiger partial charge in [-0.2, -0.15) is 0 Å². The summed E-state index contributed by atoms with van der Waals surface area (Å²) < 4.78 is 5.99. The van der Waals surface area contributed by atoms with E-state index in [1.54, 1.807) is 12.1 Å². The van der Waals surface area contributed by atoms with Crippen molar-refractivity contribution in [3.05, 3.63) is 23.2 Å². The van der Waals surface area contributed by atoms with Gasteiger partial charge in [-0.15, -0.1) is 0 Å². The molecule has 1 aliphatic carbocycles. The SMILES string of the molecule is CC1CC(C)CC(Oc2ccc(N)c(Cl)c2)C1. The van der Waals surface area contributed by atoms with E-state index >= 15 is 0 Å². The Balaban J connectivity index is 2.02. The second kappa shape index (κ2) is 5.18. The van der Waals surface area contributed by atoms with Gasteiger partial charge in [0.2, 0.25) is 0 Å². The molecule has 1 aromatic rings. The molecule has 2 unspecified atom stereocenters. The number of hydrogen-bond acceptors (Lipinski definition) is 2. The zero-order chi connectivity index (χ0) is 12.4. The number of ether oxygens (including phenoxy) is 1. The smallest absolute Gasteiger partial charge is 0.121 e. The third-order valence-electron chi connectivity index (χ3n) is 3.41. The predicted octanol–water partition coefficient (Wildman–Crippen LogP) is 4.13. The summed E-state index contributed by atoms with van der Waals surface area (Å²) in [6, 6.07) is 5.50. The number of rotatable bonds is 2. The largest absolute Gasteiger partial charge is 0.490 e. The van der Waals surface area contributed by atoms with Crippen LogP contribution in [-0.4, -0.2) is 6.10 Å². The van der Waals surface area contributed by atoms with Crippen LogP contribution in [-0.2, 0) is 0 Å². The molecule has 17 heavy (non-hydrogen) atoms. The molecule has 94 valence electrons. The minimum absolute atomic E-state index is 0.313. The number of benzene rings is 1. The predicted molar refractivity (Wildman–Crippen MR) is 72.5 cm³/mol. The molecular weight excluding hydrogens is 234 g/mol. The Morgan fingerprint density at radius 3 is 2.41 bits per heavy atom. The van der Waals surface area contributed by atoms with Gasteiger partial charge in [0.05, 0.1) is 16.8 Å². The molecule has 2 atom stereocenters. The molecule has 1 fully saturated rings. The molecule has 1 saturated carbocycles. The van der Waals surface area contributed by atoms with Crippen LogP contribution in [0.1, 0.15) is 33.1 Å². The number of anilines is 1. The number of hydrogen-bond donors (Lipinski definition) is 1. The molecule has 0 bridgehead atoms. The summed E-state index contributed by atoms with van der Waals surface area (Å²) in [6.45, 7) is 4.59. The van der Waals surface area contributed by atoms with E-state index in [2.05, 4.69) is 13.8 Å². The molecule has 0 aromatic heterocycles. The lowest BCUT2D eigenvalue weighted by Crippen LogP contribution is -2.28. The monoisotopic (exact) mass is 253 g/mol. The molecule has 3 heteroatoms. The van der Waals surface area contributed by atoms with Crippen molar-refractivity contribution in [2.45, 2.75) is 39.2 Å². The van der Waals surface area contributed by atoms with E-state index in [1.807, 2.05) is 6.07 Å². The lowest BCUT2D eigenvalue weighted by atomic mass is 9.82. The first-order valence-corrected chi connectivity index (χ1v) is 6.64. The van der Waals surface area contributed by atoms with Gasteiger partial charge in [0.25, 0.3) is 0 Å². The van der Waals surface area contributed by atoms with Crippen molar-refractivity contribution in [1.29, 1.82) is 0 Å². The van der Waals surface area contributed by atoms with E-state index in [0.717, 1.165) is 30.4 Å². The third kappa shape index (κ3) is 3.29. The second-order valence-electron chi connectivity index (χ2n) is 5.34. The van der Waals surface area contributed by atoms with Gasteiger partial charge in [0, 0.05) is 6.07 Å². The molecule has 0 saturated heterocycles. The highest BCUT2D eigenvalue weighted by atomic mass is 35.5. The van der Waals surface area contributed by atoms with Gasteiger partial charge in [-0.1, -0.05) is 25.4 Å². The highest BCUT2D eigenvalue weighted by Gasteiger charge is 2.25. The molecule has 1 aromatic carbocycles. The van der Waals surface area contributed by atoms with Crippen LogP contribution in [0.5, 0.6) is 5.75 Å². The minimum Gasteiger partial charge on any atom is -0.490 e. The van der Waals surface area contributed by atoms with Crippen molar-refractivity contribution < 1.29 is 4.74 Å². The van der Waals surface area contributed by atoms with Gasteiger partial charge in [-0.05, 0) is 43.2 Å². The maximum atomic E-state index is 5.99. The van der Waals surface area contributed by atoms with Crippen LogP contribution < -0.4 is 10.5 Å². The zero-order valence-electron chi connectivity index (χ0n) is 10.4. The lowest BCUT2D eigenvalue weighted by Gasteiger charge is -2.31. The molecular formula is C14H20ClNO. The molecule has 0 heterocycles. The molecule has 0 aliphatic heterocycles. The normalized spacial score (nSPS) is 29.0. The summed E-state index contributed by atoms with van der Waals surface area (Å²) >= 11 is 5.98. The standard InChI is InChI=1S/C14H20ClNO/c1-9-5-10(2)7-12(6-9)17-11-3-4-14(16)13(15)8-11/h3-4,8-10,12H,5-7,16H2,1-2H3. The highest BCUT2D eigenvalue weighted by molar-refractivity contribution is 6.33. The number of halogens is 1. The Labute approximate surface area is 108 Å². The first kappa shape index (κ1) is 12.6. The molecule has 1 aliphatic rings. The van der Waals surface area contributed by atoms with E-state index in [4.69, 9.17) is 22.1 Å². The molecule has 0 spiro atoms. The first-order valence-electron chi connectivity index (χ1n) is 6.26. The average Bonchev–Trinajstić information content (AvgIpc) is 2.22. The van der Waals surface area contributed by atoms with E-state index in [0.29, 0.717) is 16.8 Å². The van der Waals surface area contributed by atoms with Crippen LogP contribution in [0.3, 0.4) is 0 Å². The van der Waals surface area contributed by atoms with Gasteiger partial charge >= 0.3 is 0 Å². The lowest BCUT2D eigenvalue weighted by molar-refractivity contribution is 0.101. The summed E-state index contributed by atoms with van der Waals surface area (Å²) in [7, 11) is 0. The molecule has 0 amide bonds. The van der Waals surface area contributed by atoms with Crippen molar-refractivity contribution >= 4 is 17.3 Å². The van der Waals surface area contributed by atoms with Crippen molar-refractivity contribution in [2.75, 3.05) is 5.73 Å². The van der Waals surface area contributed by atoms with Gasteiger partial charge in [-0.25, -0.2) is 0 Å². The van der Waals surface area contributed by atoms with Crippen LogP contribution in [0.4, 0.5) is 5.69 Å². The maximum Gasteiger partial charge on any atom is 0.121 e. The summed E-state index contributed by atoms with van der Waals surface area (Å²) in [5, 5.41) is 0.569. The van der Waals surface area contributed by atoms with Gasteiger partial charge in [0.15, 0.2) is 0 Å². The van der Waals surface area contributed by atoms with Crippen molar-refractivity contribution in [2.24, 2.45) is 11.8 Å². The Morgan fingerprint density at radius 1 is 1.18 bits per heavy atom. The van der Waals surface area contributed by atoms with Crippen molar-refractivity contribution in [3.8, 4) is 5.75 Å². The Hall–Kier alpha value is -0.890. The summed E-state index contributed by atoms with van der Waals surface area (Å²) in [5.41, 5.74) is 6.28. The fraction of sp³-hybridized carbons (Fsp3) is 0.571. The van der Waals surface area contributed by atoms with Gasteiger partial charge < -0.3 is 10.5 Å². The molecule has 0 radical (unpaired) electrons. The quantitative estimate of drug-likeness (QED) is 0.805. The van der Waals surface area contributed by atoms with E-state index < -0.39 is 0 Å².